The molecule has 0 aromatic heterocycles. The molecule has 0 aliphatic carbocycles. The van der Waals surface area contributed by atoms with Crippen LogP contribution >= 0.6 is 0 Å². The molecule has 1 rings (SSSR count). The number of benzene rings is 1. The van der Waals surface area contributed by atoms with Crippen LogP contribution in [0.1, 0.15) is 6.42 Å². The minimum atomic E-state index is -0.134. The second kappa shape index (κ2) is 6.50. The Morgan fingerprint density at radius 2 is 2.11 bits per heavy atom. The second-order valence-corrected chi connectivity index (χ2v) is 3.77. The molecule has 96 valence electrons. The number of rotatable bonds is 6. The van der Waals surface area contributed by atoms with Crippen molar-refractivity contribution in [2.24, 2.45) is 0 Å². The standard InChI is InChI=1S/C13H16N2O3/c1-15(9-10(16)6-7-14)12-8-11(17-2)4-5-13(12)18-3/h4-5,8H,6,9H2,1-3H3. The van der Waals surface area contributed by atoms with Gasteiger partial charge in [0.25, 0.3) is 0 Å². The Labute approximate surface area is 107 Å². The highest BCUT2D eigenvalue weighted by molar-refractivity contribution is 5.85. The predicted octanol–water partition coefficient (Wildman–Crippen LogP) is 1.62. The fourth-order valence-corrected chi connectivity index (χ4v) is 1.59. The van der Waals surface area contributed by atoms with Crippen molar-refractivity contribution in [3.63, 3.8) is 0 Å². The largest absolute Gasteiger partial charge is 0.497 e. The summed E-state index contributed by atoms with van der Waals surface area (Å²) < 4.78 is 10.4. The quantitative estimate of drug-likeness (QED) is 0.765. The molecule has 0 saturated carbocycles. The molecule has 0 unspecified atom stereocenters. The van der Waals surface area contributed by atoms with Gasteiger partial charge in [-0.15, -0.1) is 0 Å². The smallest absolute Gasteiger partial charge is 0.166 e. The van der Waals surface area contributed by atoms with E-state index in [0.717, 1.165) is 5.69 Å². The van der Waals surface area contributed by atoms with Crippen molar-refractivity contribution in [3.8, 4) is 17.6 Å². The Morgan fingerprint density at radius 1 is 1.39 bits per heavy atom. The highest BCUT2D eigenvalue weighted by Gasteiger charge is 2.12. The lowest BCUT2D eigenvalue weighted by Gasteiger charge is -2.21. The number of Topliss-reactive ketones (excluding diaryl/α,β-unsaturated/α-hetero) is 1. The normalized spacial score (nSPS) is 9.44. The molecular formula is C13H16N2O3. The number of ether oxygens (including phenoxy) is 2. The zero-order chi connectivity index (χ0) is 13.5. The van der Waals surface area contributed by atoms with Crippen LogP contribution in [0.5, 0.6) is 11.5 Å². The Bertz CT molecular complexity index is 466. The molecule has 0 amide bonds. The second-order valence-electron chi connectivity index (χ2n) is 3.77. The molecule has 0 heterocycles. The van der Waals surface area contributed by atoms with E-state index in [0.29, 0.717) is 11.5 Å². The maximum Gasteiger partial charge on any atom is 0.166 e. The van der Waals surface area contributed by atoms with Crippen molar-refractivity contribution in [2.45, 2.75) is 6.42 Å². The van der Waals surface area contributed by atoms with Gasteiger partial charge in [-0.3, -0.25) is 4.79 Å². The van der Waals surface area contributed by atoms with Crippen molar-refractivity contribution >= 4 is 11.5 Å². The number of ketones is 1. The Morgan fingerprint density at radius 3 is 2.67 bits per heavy atom. The van der Waals surface area contributed by atoms with Crippen LogP contribution in [0.4, 0.5) is 5.69 Å². The molecule has 0 radical (unpaired) electrons. The number of hydrogen-bond donors (Lipinski definition) is 0. The fourth-order valence-electron chi connectivity index (χ4n) is 1.59. The molecule has 0 saturated heterocycles. The zero-order valence-electron chi connectivity index (χ0n) is 10.8. The van der Waals surface area contributed by atoms with Crippen molar-refractivity contribution in [1.29, 1.82) is 5.26 Å². The zero-order valence-corrected chi connectivity index (χ0v) is 10.8. The molecule has 0 fully saturated rings. The molecule has 0 atom stereocenters. The maximum atomic E-state index is 11.4. The summed E-state index contributed by atoms with van der Waals surface area (Å²) in [4.78, 5) is 13.2. The first-order valence-electron chi connectivity index (χ1n) is 5.44. The van der Waals surface area contributed by atoms with E-state index in [-0.39, 0.29) is 18.7 Å². The van der Waals surface area contributed by atoms with E-state index in [1.807, 2.05) is 6.07 Å². The van der Waals surface area contributed by atoms with Crippen molar-refractivity contribution in [3.05, 3.63) is 18.2 Å². The summed E-state index contributed by atoms with van der Waals surface area (Å²) in [5.74, 6) is 1.21. The first-order valence-corrected chi connectivity index (χ1v) is 5.44. The molecule has 0 bridgehead atoms. The fraction of sp³-hybridized carbons (Fsp3) is 0.385. The Balaban J connectivity index is 2.92. The van der Waals surface area contributed by atoms with Crippen LogP contribution in [-0.4, -0.2) is 33.6 Å². The van der Waals surface area contributed by atoms with Crippen LogP contribution in [0, 0.1) is 11.3 Å². The van der Waals surface area contributed by atoms with Gasteiger partial charge in [0.05, 0.1) is 38.9 Å². The van der Waals surface area contributed by atoms with Gasteiger partial charge in [0.15, 0.2) is 5.78 Å². The first kappa shape index (κ1) is 13.8. The van der Waals surface area contributed by atoms with Gasteiger partial charge in [-0.25, -0.2) is 0 Å². The average Bonchev–Trinajstić information content (AvgIpc) is 2.38. The lowest BCUT2D eigenvalue weighted by molar-refractivity contribution is -0.116. The summed E-state index contributed by atoms with van der Waals surface area (Å²) >= 11 is 0. The molecule has 0 aliphatic rings. The number of carbonyl (C=O) groups is 1. The summed E-state index contributed by atoms with van der Waals surface area (Å²) in [6.45, 7) is 0.164. The van der Waals surface area contributed by atoms with Gasteiger partial charge in [-0.1, -0.05) is 0 Å². The molecule has 0 N–H and O–H groups in total. The molecule has 0 aliphatic heterocycles. The third-order valence-electron chi connectivity index (χ3n) is 2.49. The summed E-state index contributed by atoms with van der Waals surface area (Å²) in [6, 6.07) is 7.20. The number of likely N-dealkylation sites (N-methyl/N-ethyl adjacent to an activating group) is 1. The Kier molecular flexibility index (Phi) is 5.00. The van der Waals surface area contributed by atoms with Crippen molar-refractivity contribution in [1.82, 2.24) is 0 Å². The van der Waals surface area contributed by atoms with Crippen LogP contribution in [-0.2, 0) is 4.79 Å². The highest BCUT2D eigenvalue weighted by atomic mass is 16.5. The molecule has 1 aromatic carbocycles. The summed E-state index contributed by atoms with van der Waals surface area (Å²) in [5, 5.41) is 8.47. The first-order chi connectivity index (χ1) is 8.62. The summed E-state index contributed by atoms with van der Waals surface area (Å²) in [7, 11) is 4.91. The predicted molar refractivity (Wildman–Crippen MR) is 68.1 cm³/mol. The van der Waals surface area contributed by atoms with Gasteiger partial charge < -0.3 is 14.4 Å². The number of carbonyl (C=O) groups excluding carboxylic acids is 1. The van der Waals surface area contributed by atoms with Gasteiger partial charge in [0, 0.05) is 13.1 Å². The van der Waals surface area contributed by atoms with Crippen LogP contribution < -0.4 is 14.4 Å². The lowest BCUT2D eigenvalue weighted by atomic mass is 10.2. The number of anilines is 1. The molecule has 0 spiro atoms. The van der Waals surface area contributed by atoms with E-state index in [9.17, 15) is 4.79 Å². The third-order valence-corrected chi connectivity index (χ3v) is 2.49. The minimum absolute atomic E-state index is 0.0867. The van der Waals surface area contributed by atoms with Gasteiger partial charge in [-0.05, 0) is 12.1 Å². The molecule has 1 aromatic rings. The minimum Gasteiger partial charge on any atom is -0.497 e. The number of methoxy groups -OCH3 is 2. The maximum absolute atomic E-state index is 11.4. The number of nitrogens with zero attached hydrogens (tertiary/aromatic N) is 2. The van der Waals surface area contributed by atoms with Crippen LogP contribution in [0.2, 0.25) is 0 Å². The average molecular weight is 248 g/mol. The number of nitriles is 1. The SMILES string of the molecule is COc1ccc(OC)c(N(C)CC(=O)CC#N)c1. The van der Waals surface area contributed by atoms with Gasteiger partial charge in [-0.2, -0.15) is 5.26 Å². The lowest BCUT2D eigenvalue weighted by Crippen LogP contribution is -2.25. The van der Waals surface area contributed by atoms with Crippen LogP contribution in [0.3, 0.4) is 0 Å². The molecule has 18 heavy (non-hydrogen) atoms. The topological polar surface area (TPSA) is 62.6 Å². The number of hydrogen-bond acceptors (Lipinski definition) is 5. The van der Waals surface area contributed by atoms with Crippen LogP contribution in [0.15, 0.2) is 18.2 Å². The molecule has 5 nitrogen and oxygen atoms in total. The van der Waals surface area contributed by atoms with E-state index >= 15 is 0 Å². The van der Waals surface area contributed by atoms with Crippen LogP contribution in [0.25, 0.3) is 0 Å². The highest BCUT2D eigenvalue weighted by Crippen LogP contribution is 2.31. The Hall–Kier alpha value is -2.22. The van der Waals surface area contributed by atoms with E-state index in [4.69, 9.17) is 14.7 Å². The van der Waals surface area contributed by atoms with Gasteiger partial charge in [0.1, 0.15) is 11.5 Å². The van der Waals surface area contributed by atoms with Crippen molar-refractivity contribution < 1.29 is 14.3 Å². The van der Waals surface area contributed by atoms with E-state index in [1.165, 1.54) is 0 Å². The molecular weight excluding hydrogens is 232 g/mol. The van der Waals surface area contributed by atoms with Crippen molar-refractivity contribution in [2.75, 3.05) is 32.7 Å². The monoisotopic (exact) mass is 248 g/mol. The summed E-state index contributed by atoms with van der Waals surface area (Å²) in [5.41, 5.74) is 0.753. The molecule has 5 heteroatoms. The van der Waals surface area contributed by atoms with Gasteiger partial charge >= 0.3 is 0 Å². The van der Waals surface area contributed by atoms with E-state index in [2.05, 4.69) is 0 Å². The van der Waals surface area contributed by atoms with Gasteiger partial charge in [0.2, 0.25) is 0 Å². The summed E-state index contributed by atoms with van der Waals surface area (Å²) in [6.07, 6.45) is -0.0867. The third kappa shape index (κ3) is 3.39. The van der Waals surface area contributed by atoms with E-state index < -0.39 is 0 Å². The van der Waals surface area contributed by atoms with E-state index in [1.54, 1.807) is 44.4 Å².